The monoisotopic (exact) mass is 474 g/mol. The summed E-state index contributed by atoms with van der Waals surface area (Å²) < 4.78 is 12.6. The van der Waals surface area contributed by atoms with Crippen molar-refractivity contribution >= 4 is 39.1 Å². The molecule has 1 aromatic heterocycles. The third-order valence-electron chi connectivity index (χ3n) is 3.98. The molecule has 7 heteroatoms. The van der Waals surface area contributed by atoms with Crippen LogP contribution in [0.25, 0.3) is 22.9 Å². The highest BCUT2D eigenvalue weighted by atomic mass is 79.9. The zero-order chi connectivity index (χ0) is 19.5. The third kappa shape index (κ3) is 4.38. The molecular formula is C21H13BrCl2N2O2. The van der Waals surface area contributed by atoms with E-state index in [4.69, 9.17) is 32.4 Å². The van der Waals surface area contributed by atoms with Gasteiger partial charge >= 0.3 is 0 Å². The molecule has 0 aliphatic heterocycles. The summed E-state index contributed by atoms with van der Waals surface area (Å²) in [6, 6.07) is 20.6. The molecule has 0 aliphatic rings. The Labute approximate surface area is 180 Å². The molecule has 0 spiro atoms. The number of nitrogens with zero attached hydrogens (tertiary/aromatic N) is 2. The van der Waals surface area contributed by atoms with Crippen LogP contribution in [0, 0.1) is 0 Å². The predicted octanol–water partition coefficient (Wildman–Crippen LogP) is 7.05. The summed E-state index contributed by atoms with van der Waals surface area (Å²) >= 11 is 15.6. The second-order valence-corrected chi connectivity index (χ2v) is 7.74. The molecule has 4 rings (SSSR count). The first-order valence-corrected chi connectivity index (χ1v) is 9.90. The van der Waals surface area contributed by atoms with E-state index in [0.717, 1.165) is 21.3 Å². The summed E-state index contributed by atoms with van der Waals surface area (Å²) in [6.07, 6.45) is 0. The van der Waals surface area contributed by atoms with Gasteiger partial charge in [-0.3, -0.25) is 0 Å². The molecule has 4 aromatic rings. The highest BCUT2D eigenvalue weighted by Gasteiger charge is 2.13. The normalized spacial score (nSPS) is 10.8. The van der Waals surface area contributed by atoms with E-state index in [2.05, 4.69) is 26.1 Å². The molecule has 0 saturated heterocycles. The minimum absolute atomic E-state index is 0.339. The summed E-state index contributed by atoms with van der Waals surface area (Å²) in [7, 11) is 0. The van der Waals surface area contributed by atoms with Crippen LogP contribution in [-0.2, 0) is 6.61 Å². The van der Waals surface area contributed by atoms with Crippen LogP contribution in [0.3, 0.4) is 0 Å². The average molecular weight is 476 g/mol. The first-order valence-electron chi connectivity index (χ1n) is 8.35. The van der Waals surface area contributed by atoms with Crippen molar-refractivity contribution in [3.05, 3.63) is 86.8 Å². The summed E-state index contributed by atoms with van der Waals surface area (Å²) in [5, 5.41) is 9.19. The van der Waals surface area contributed by atoms with Gasteiger partial charge in [-0.1, -0.05) is 51.3 Å². The Morgan fingerprint density at radius 3 is 2.43 bits per heavy atom. The molecule has 0 fully saturated rings. The maximum absolute atomic E-state index is 6.20. The quantitative estimate of drug-likeness (QED) is 0.310. The van der Waals surface area contributed by atoms with Gasteiger partial charge in [0.25, 0.3) is 0 Å². The molecule has 0 saturated carbocycles. The van der Waals surface area contributed by atoms with Gasteiger partial charge in [0.1, 0.15) is 12.4 Å². The minimum Gasteiger partial charge on any atom is -0.489 e. The Kier molecular flexibility index (Phi) is 5.67. The summed E-state index contributed by atoms with van der Waals surface area (Å²) in [5.74, 6) is 1.50. The number of halogens is 3. The van der Waals surface area contributed by atoms with E-state index in [9.17, 15) is 0 Å². The van der Waals surface area contributed by atoms with Crippen molar-refractivity contribution in [2.45, 2.75) is 6.61 Å². The molecule has 3 aromatic carbocycles. The molecule has 4 nitrogen and oxygen atoms in total. The number of ether oxygens (including phenoxy) is 1. The van der Waals surface area contributed by atoms with Crippen LogP contribution in [0.15, 0.2) is 75.6 Å². The van der Waals surface area contributed by atoms with E-state index in [0.29, 0.717) is 34.0 Å². The standard InChI is InChI=1S/C21H13BrCl2N2O2/c22-15-3-1-2-13(10-15)12-27-17-7-4-14(5-8-17)20-25-26-21(28-20)18-9-6-16(23)11-19(18)24/h1-11H,12H2. The maximum atomic E-state index is 6.20. The van der Waals surface area contributed by atoms with Crippen LogP contribution < -0.4 is 4.74 Å². The van der Waals surface area contributed by atoms with E-state index in [-0.39, 0.29) is 0 Å². The van der Waals surface area contributed by atoms with Crippen LogP contribution in [-0.4, -0.2) is 10.2 Å². The average Bonchev–Trinajstić information content (AvgIpc) is 3.17. The Morgan fingerprint density at radius 1 is 0.893 bits per heavy atom. The van der Waals surface area contributed by atoms with Gasteiger partial charge in [0, 0.05) is 15.1 Å². The summed E-state index contributed by atoms with van der Waals surface area (Å²) in [6.45, 7) is 0.485. The highest BCUT2D eigenvalue weighted by Crippen LogP contribution is 2.31. The Balaban J connectivity index is 1.47. The van der Waals surface area contributed by atoms with E-state index in [1.54, 1.807) is 18.2 Å². The van der Waals surface area contributed by atoms with Crippen LogP contribution in [0.1, 0.15) is 5.56 Å². The van der Waals surface area contributed by atoms with E-state index < -0.39 is 0 Å². The van der Waals surface area contributed by atoms with E-state index in [1.807, 2.05) is 48.5 Å². The lowest BCUT2D eigenvalue weighted by Gasteiger charge is -2.07. The molecule has 140 valence electrons. The first-order chi connectivity index (χ1) is 13.6. The van der Waals surface area contributed by atoms with Gasteiger partial charge in [-0.05, 0) is 60.2 Å². The van der Waals surface area contributed by atoms with Crippen molar-refractivity contribution < 1.29 is 9.15 Å². The summed E-state index contributed by atoms with van der Waals surface area (Å²) in [4.78, 5) is 0. The second-order valence-electron chi connectivity index (χ2n) is 5.98. The molecular weight excluding hydrogens is 463 g/mol. The van der Waals surface area contributed by atoms with Crippen molar-refractivity contribution in [1.29, 1.82) is 0 Å². The first kappa shape index (κ1) is 19.0. The van der Waals surface area contributed by atoms with Gasteiger partial charge < -0.3 is 9.15 Å². The van der Waals surface area contributed by atoms with Gasteiger partial charge in [-0.15, -0.1) is 10.2 Å². The number of benzene rings is 3. The second kappa shape index (κ2) is 8.35. The van der Waals surface area contributed by atoms with Crippen LogP contribution in [0.4, 0.5) is 0 Å². The fourth-order valence-corrected chi connectivity index (χ4v) is 3.53. The van der Waals surface area contributed by atoms with Crippen LogP contribution in [0.2, 0.25) is 10.0 Å². The molecule has 0 unspecified atom stereocenters. The van der Waals surface area contributed by atoms with Crippen LogP contribution >= 0.6 is 39.1 Å². The molecule has 28 heavy (non-hydrogen) atoms. The lowest BCUT2D eigenvalue weighted by atomic mass is 10.2. The molecule has 0 N–H and O–H groups in total. The van der Waals surface area contributed by atoms with Crippen molar-refractivity contribution in [1.82, 2.24) is 10.2 Å². The lowest BCUT2D eigenvalue weighted by molar-refractivity contribution is 0.306. The van der Waals surface area contributed by atoms with Crippen molar-refractivity contribution in [2.75, 3.05) is 0 Å². The van der Waals surface area contributed by atoms with Gasteiger partial charge in [0.2, 0.25) is 11.8 Å². The number of aromatic nitrogens is 2. The van der Waals surface area contributed by atoms with Gasteiger partial charge in [0.15, 0.2) is 0 Å². The molecule has 0 atom stereocenters. The highest BCUT2D eigenvalue weighted by molar-refractivity contribution is 9.10. The fourth-order valence-electron chi connectivity index (χ4n) is 2.60. The number of hydrogen-bond donors (Lipinski definition) is 0. The smallest absolute Gasteiger partial charge is 0.249 e. The van der Waals surface area contributed by atoms with Gasteiger partial charge in [-0.2, -0.15) is 0 Å². The largest absolute Gasteiger partial charge is 0.489 e. The van der Waals surface area contributed by atoms with Gasteiger partial charge in [0.05, 0.1) is 10.6 Å². The SMILES string of the molecule is Clc1ccc(-c2nnc(-c3ccc(OCc4cccc(Br)c4)cc3)o2)c(Cl)c1. The number of hydrogen-bond acceptors (Lipinski definition) is 4. The zero-order valence-electron chi connectivity index (χ0n) is 14.4. The molecule has 0 radical (unpaired) electrons. The van der Waals surface area contributed by atoms with Crippen molar-refractivity contribution in [2.24, 2.45) is 0 Å². The number of rotatable bonds is 5. The fraction of sp³-hybridized carbons (Fsp3) is 0.0476. The predicted molar refractivity (Wildman–Crippen MR) is 114 cm³/mol. The molecule has 0 amide bonds. The van der Waals surface area contributed by atoms with Crippen molar-refractivity contribution in [3.63, 3.8) is 0 Å². The zero-order valence-corrected chi connectivity index (χ0v) is 17.5. The minimum atomic E-state index is 0.339. The van der Waals surface area contributed by atoms with Crippen LogP contribution in [0.5, 0.6) is 5.75 Å². The third-order valence-corrected chi connectivity index (χ3v) is 5.02. The van der Waals surface area contributed by atoms with Crippen molar-refractivity contribution in [3.8, 4) is 28.7 Å². The summed E-state index contributed by atoms with van der Waals surface area (Å²) in [5.41, 5.74) is 2.51. The Bertz CT molecular complexity index is 1110. The lowest BCUT2D eigenvalue weighted by Crippen LogP contribution is -1.95. The van der Waals surface area contributed by atoms with Gasteiger partial charge in [-0.25, -0.2) is 0 Å². The molecule has 0 bridgehead atoms. The Morgan fingerprint density at radius 2 is 1.68 bits per heavy atom. The molecule has 0 aliphatic carbocycles. The molecule has 1 heterocycles. The topological polar surface area (TPSA) is 48.2 Å². The maximum Gasteiger partial charge on any atom is 0.249 e. The van der Waals surface area contributed by atoms with E-state index >= 15 is 0 Å². The van der Waals surface area contributed by atoms with E-state index in [1.165, 1.54) is 0 Å². The Hall–Kier alpha value is -2.34.